The molecule has 3 rings (SSSR count). The molecule has 2 N–H and O–H groups in total. The number of hydrogen-bond acceptors (Lipinski definition) is 3. The minimum absolute atomic E-state index is 0.151. The standard InChI is InChI=1S/C24H40N4O/c1-6-25-24(27-22-16-28(17(2)3)15-19(22)5)26-14-21-8-7-13-29-23(21)20-11-9-18(4)10-12-20/h9-12,17,19,21-23H,6-8,13-16H2,1-5H3,(H2,25,26,27). The fraction of sp³-hybridized carbons (Fsp3) is 0.708. The molecule has 1 aromatic rings. The first kappa shape index (κ1) is 22.1. The summed E-state index contributed by atoms with van der Waals surface area (Å²) in [4.78, 5) is 7.54. The molecule has 4 atom stereocenters. The highest BCUT2D eigenvalue weighted by molar-refractivity contribution is 5.80. The fourth-order valence-electron chi connectivity index (χ4n) is 4.47. The van der Waals surface area contributed by atoms with Gasteiger partial charge in [-0.3, -0.25) is 9.89 Å². The van der Waals surface area contributed by atoms with Crippen LogP contribution in [0.1, 0.15) is 57.8 Å². The van der Waals surface area contributed by atoms with Crippen LogP contribution in [0, 0.1) is 18.8 Å². The average Bonchev–Trinajstić information content (AvgIpc) is 3.08. The van der Waals surface area contributed by atoms with E-state index in [4.69, 9.17) is 9.73 Å². The van der Waals surface area contributed by atoms with E-state index in [0.717, 1.165) is 45.2 Å². The van der Waals surface area contributed by atoms with E-state index in [9.17, 15) is 0 Å². The third-order valence-electron chi connectivity index (χ3n) is 6.37. The smallest absolute Gasteiger partial charge is 0.191 e. The highest BCUT2D eigenvalue weighted by atomic mass is 16.5. The van der Waals surface area contributed by atoms with Crippen molar-refractivity contribution in [2.24, 2.45) is 16.8 Å². The van der Waals surface area contributed by atoms with Crippen LogP contribution in [0.15, 0.2) is 29.3 Å². The number of aryl methyl sites for hydroxylation is 1. The summed E-state index contributed by atoms with van der Waals surface area (Å²) in [5, 5.41) is 7.16. The molecule has 2 aliphatic rings. The number of ether oxygens (including phenoxy) is 1. The monoisotopic (exact) mass is 400 g/mol. The van der Waals surface area contributed by atoms with E-state index >= 15 is 0 Å². The predicted molar refractivity (Wildman–Crippen MR) is 121 cm³/mol. The largest absolute Gasteiger partial charge is 0.373 e. The minimum Gasteiger partial charge on any atom is -0.373 e. The molecule has 0 spiro atoms. The van der Waals surface area contributed by atoms with E-state index in [-0.39, 0.29) is 6.10 Å². The molecule has 0 aliphatic carbocycles. The molecule has 2 heterocycles. The zero-order valence-corrected chi connectivity index (χ0v) is 18.9. The molecular weight excluding hydrogens is 360 g/mol. The second-order valence-corrected chi connectivity index (χ2v) is 9.10. The van der Waals surface area contributed by atoms with Gasteiger partial charge in [-0.25, -0.2) is 0 Å². The fourth-order valence-corrected chi connectivity index (χ4v) is 4.47. The molecule has 5 heteroatoms. The van der Waals surface area contributed by atoms with Crippen molar-refractivity contribution in [1.82, 2.24) is 15.5 Å². The first-order chi connectivity index (χ1) is 14.0. The summed E-state index contributed by atoms with van der Waals surface area (Å²) >= 11 is 0. The molecule has 2 fully saturated rings. The first-order valence-electron chi connectivity index (χ1n) is 11.4. The molecule has 5 nitrogen and oxygen atoms in total. The summed E-state index contributed by atoms with van der Waals surface area (Å²) in [5.74, 6) is 2.00. The maximum atomic E-state index is 6.18. The summed E-state index contributed by atoms with van der Waals surface area (Å²) in [6, 6.07) is 9.84. The lowest BCUT2D eigenvalue weighted by Gasteiger charge is -2.31. The lowest BCUT2D eigenvalue weighted by molar-refractivity contribution is -0.0250. The summed E-state index contributed by atoms with van der Waals surface area (Å²) < 4.78 is 6.18. The third-order valence-corrected chi connectivity index (χ3v) is 6.37. The van der Waals surface area contributed by atoms with Crippen molar-refractivity contribution in [3.63, 3.8) is 0 Å². The number of benzene rings is 1. The Bertz CT molecular complexity index is 657. The quantitative estimate of drug-likeness (QED) is 0.564. The molecule has 29 heavy (non-hydrogen) atoms. The Balaban J connectivity index is 1.65. The van der Waals surface area contributed by atoms with Crippen LogP contribution in [0.4, 0.5) is 0 Å². The number of aliphatic imine (C=N–C) groups is 1. The van der Waals surface area contributed by atoms with Gasteiger partial charge >= 0.3 is 0 Å². The van der Waals surface area contributed by atoms with Gasteiger partial charge in [0.15, 0.2) is 5.96 Å². The molecule has 4 unspecified atom stereocenters. The van der Waals surface area contributed by atoms with Crippen LogP contribution in [0.5, 0.6) is 0 Å². The highest BCUT2D eigenvalue weighted by Gasteiger charge is 2.32. The third kappa shape index (κ3) is 5.95. The Hall–Kier alpha value is -1.59. The molecule has 0 radical (unpaired) electrons. The van der Waals surface area contributed by atoms with Crippen molar-refractivity contribution in [3.05, 3.63) is 35.4 Å². The van der Waals surface area contributed by atoms with Crippen LogP contribution in [0.25, 0.3) is 0 Å². The molecule has 2 saturated heterocycles. The predicted octanol–water partition coefficient (Wildman–Crippen LogP) is 3.75. The molecule has 0 bridgehead atoms. The zero-order valence-electron chi connectivity index (χ0n) is 18.9. The van der Waals surface area contributed by atoms with Crippen molar-refractivity contribution < 1.29 is 4.74 Å². The van der Waals surface area contributed by atoms with Crippen molar-refractivity contribution in [1.29, 1.82) is 0 Å². The van der Waals surface area contributed by atoms with Crippen LogP contribution in [-0.2, 0) is 4.74 Å². The van der Waals surface area contributed by atoms with Gasteiger partial charge in [0, 0.05) is 50.8 Å². The zero-order chi connectivity index (χ0) is 20.8. The molecule has 2 aliphatic heterocycles. The molecule has 0 aromatic heterocycles. The van der Waals surface area contributed by atoms with Crippen molar-refractivity contribution in [2.75, 3.05) is 32.8 Å². The number of likely N-dealkylation sites (tertiary alicyclic amines) is 1. The van der Waals surface area contributed by atoms with E-state index in [1.54, 1.807) is 0 Å². The van der Waals surface area contributed by atoms with Crippen molar-refractivity contribution >= 4 is 5.96 Å². The van der Waals surface area contributed by atoms with Crippen LogP contribution in [0.2, 0.25) is 0 Å². The molecule has 0 amide bonds. The normalized spacial score (nSPS) is 28.7. The molecule has 1 aromatic carbocycles. The number of nitrogens with one attached hydrogen (secondary N) is 2. The van der Waals surface area contributed by atoms with Gasteiger partial charge in [-0.05, 0) is 52.0 Å². The van der Waals surface area contributed by atoms with E-state index in [1.165, 1.54) is 17.5 Å². The SMILES string of the molecule is CCNC(=NCC1CCCOC1c1ccc(C)cc1)NC1CN(C(C)C)CC1C. The summed E-state index contributed by atoms with van der Waals surface area (Å²) in [6.45, 7) is 15.9. The van der Waals surface area contributed by atoms with Gasteiger partial charge in [-0.2, -0.15) is 0 Å². The maximum absolute atomic E-state index is 6.18. The maximum Gasteiger partial charge on any atom is 0.191 e. The van der Waals surface area contributed by atoms with E-state index in [1.807, 2.05) is 0 Å². The molecule has 0 saturated carbocycles. The Kier molecular flexibility index (Phi) is 7.96. The van der Waals surface area contributed by atoms with E-state index in [2.05, 4.69) is 74.4 Å². The Morgan fingerprint density at radius 1 is 1.24 bits per heavy atom. The van der Waals surface area contributed by atoms with Gasteiger partial charge in [0.25, 0.3) is 0 Å². The lowest BCUT2D eigenvalue weighted by Crippen LogP contribution is -2.47. The van der Waals surface area contributed by atoms with Gasteiger partial charge in [0.2, 0.25) is 0 Å². The second kappa shape index (κ2) is 10.4. The van der Waals surface area contributed by atoms with Gasteiger partial charge in [0.05, 0.1) is 6.10 Å². The van der Waals surface area contributed by atoms with Gasteiger partial charge in [-0.1, -0.05) is 36.8 Å². The summed E-state index contributed by atoms with van der Waals surface area (Å²) in [7, 11) is 0. The Labute approximate surface area is 177 Å². The number of rotatable bonds is 6. The minimum atomic E-state index is 0.151. The topological polar surface area (TPSA) is 48.9 Å². The van der Waals surface area contributed by atoms with Crippen LogP contribution in [0.3, 0.4) is 0 Å². The Morgan fingerprint density at radius 3 is 2.66 bits per heavy atom. The Morgan fingerprint density at radius 2 is 2.00 bits per heavy atom. The van der Waals surface area contributed by atoms with Crippen LogP contribution in [-0.4, -0.2) is 55.7 Å². The van der Waals surface area contributed by atoms with Crippen molar-refractivity contribution in [3.8, 4) is 0 Å². The highest BCUT2D eigenvalue weighted by Crippen LogP contribution is 2.34. The van der Waals surface area contributed by atoms with Crippen LogP contribution >= 0.6 is 0 Å². The lowest BCUT2D eigenvalue weighted by atomic mass is 9.89. The summed E-state index contributed by atoms with van der Waals surface area (Å²) in [6.07, 6.45) is 2.44. The van der Waals surface area contributed by atoms with Gasteiger partial charge in [-0.15, -0.1) is 0 Å². The molecular formula is C24H40N4O. The van der Waals surface area contributed by atoms with E-state index in [0.29, 0.717) is 23.9 Å². The van der Waals surface area contributed by atoms with Gasteiger partial charge in [0.1, 0.15) is 0 Å². The van der Waals surface area contributed by atoms with Crippen LogP contribution < -0.4 is 10.6 Å². The number of hydrogen-bond donors (Lipinski definition) is 2. The van der Waals surface area contributed by atoms with E-state index < -0.39 is 0 Å². The molecule has 162 valence electrons. The summed E-state index contributed by atoms with van der Waals surface area (Å²) in [5.41, 5.74) is 2.57. The second-order valence-electron chi connectivity index (χ2n) is 9.10. The van der Waals surface area contributed by atoms with Gasteiger partial charge < -0.3 is 15.4 Å². The first-order valence-corrected chi connectivity index (χ1v) is 11.4. The average molecular weight is 401 g/mol. The van der Waals surface area contributed by atoms with Crippen molar-refractivity contribution in [2.45, 2.75) is 65.6 Å². The number of guanidine groups is 1. The number of nitrogens with zero attached hydrogens (tertiary/aromatic N) is 2.